The normalized spacial score (nSPS) is 22.5. The second-order valence-corrected chi connectivity index (χ2v) is 7.04. The van der Waals surface area contributed by atoms with E-state index in [1.807, 2.05) is 0 Å². The lowest BCUT2D eigenvalue weighted by molar-refractivity contribution is -0.136. The lowest BCUT2D eigenvalue weighted by atomic mass is 9.97. The highest BCUT2D eigenvalue weighted by Gasteiger charge is 2.32. The van der Waals surface area contributed by atoms with Gasteiger partial charge in [0, 0.05) is 12.1 Å². The molecule has 0 bridgehead atoms. The zero-order valence-corrected chi connectivity index (χ0v) is 15.8. The van der Waals surface area contributed by atoms with Crippen molar-refractivity contribution in [3.05, 3.63) is 35.6 Å². The van der Waals surface area contributed by atoms with Crippen LogP contribution in [-0.4, -0.2) is 67.3 Å². The van der Waals surface area contributed by atoms with Gasteiger partial charge in [-0.2, -0.15) is 0 Å². The van der Waals surface area contributed by atoms with Gasteiger partial charge >= 0.3 is 0 Å². The fourth-order valence-electron chi connectivity index (χ4n) is 3.10. The van der Waals surface area contributed by atoms with Gasteiger partial charge in [0.05, 0.1) is 31.7 Å². The summed E-state index contributed by atoms with van der Waals surface area (Å²) in [6.45, 7) is 0.141. The van der Waals surface area contributed by atoms with Crippen LogP contribution in [0.1, 0.15) is 24.8 Å². The minimum absolute atomic E-state index is 0.116. The average molecular weight is 381 g/mol. The number of hydrogen-bond acceptors (Lipinski definition) is 5. The van der Waals surface area contributed by atoms with Crippen LogP contribution in [0.25, 0.3) is 0 Å². The molecule has 8 heteroatoms. The van der Waals surface area contributed by atoms with Gasteiger partial charge in [-0.1, -0.05) is 18.2 Å². The first-order valence-corrected chi connectivity index (χ1v) is 9.09. The minimum Gasteiger partial charge on any atom is -0.394 e. The van der Waals surface area contributed by atoms with Gasteiger partial charge in [0.1, 0.15) is 11.9 Å². The Morgan fingerprint density at radius 3 is 2.67 bits per heavy atom. The summed E-state index contributed by atoms with van der Waals surface area (Å²) in [7, 11) is 3.60. The highest BCUT2D eigenvalue weighted by atomic mass is 19.1. The van der Waals surface area contributed by atoms with Gasteiger partial charge in [0.2, 0.25) is 11.8 Å². The van der Waals surface area contributed by atoms with Crippen molar-refractivity contribution in [1.82, 2.24) is 15.5 Å². The molecule has 0 saturated carbocycles. The molecule has 3 N–H and O–H groups in total. The molecule has 0 aliphatic carbocycles. The molecule has 1 fully saturated rings. The molecular weight excluding hydrogens is 353 g/mol. The van der Waals surface area contributed by atoms with E-state index in [4.69, 9.17) is 4.74 Å². The summed E-state index contributed by atoms with van der Waals surface area (Å²) in [6, 6.07) is 6.00. The highest BCUT2D eigenvalue weighted by molar-refractivity contribution is 5.78. The molecule has 0 aromatic heterocycles. The van der Waals surface area contributed by atoms with Crippen molar-refractivity contribution in [2.75, 3.05) is 27.2 Å². The Hall–Kier alpha value is -2.03. The molecule has 1 heterocycles. The van der Waals surface area contributed by atoms with Crippen molar-refractivity contribution in [1.29, 1.82) is 0 Å². The molecule has 150 valence electrons. The number of rotatable bonds is 8. The maximum absolute atomic E-state index is 13.6. The van der Waals surface area contributed by atoms with Crippen LogP contribution in [0, 0.1) is 5.82 Å². The molecule has 1 aromatic carbocycles. The molecule has 1 aliphatic rings. The zero-order valence-electron chi connectivity index (χ0n) is 15.8. The van der Waals surface area contributed by atoms with Crippen molar-refractivity contribution >= 4 is 11.8 Å². The van der Waals surface area contributed by atoms with Gasteiger partial charge in [-0.25, -0.2) is 4.39 Å². The van der Waals surface area contributed by atoms with Gasteiger partial charge in [0.25, 0.3) is 0 Å². The maximum atomic E-state index is 13.6. The molecule has 27 heavy (non-hydrogen) atoms. The smallest absolute Gasteiger partial charge is 0.234 e. The Labute approximate surface area is 158 Å². The standard InChI is InChI=1S/C19H28FN3O4/c1-23(2)11-19(26)22-16-8-7-14(27-17(16)12-24)9-18(25)21-10-13-5-3-4-6-15(13)20/h3-6,14,16-17,24H,7-12H2,1-2H3,(H,21,25)(H,22,26)/t14-,16+,17-/m1/s1. The van der Waals surface area contributed by atoms with Crippen molar-refractivity contribution in [2.45, 2.75) is 44.1 Å². The lowest BCUT2D eigenvalue weighted by Gasteiger charge is -2.36. The molecule has 2 rings (SSSR count). The van der Waals surface area contributed by atoms with Crippen LogP contribution in [0.3, 0.4) is 0 Å². The van der Waals surface area contributed by atoms with E-state index >= 15 is 0 Å². The Kier molecular flexibility index (Phi) is 8.15. The number of likely N-dealkylation sites (N-methyl/N-ethyl adjacent to an activating group) is 1. The monoisotopic (exact) mass is 381 g/mol. The first kappa shape index (κ1) is 21.3. The fraction of sp³-hybridized carbons (Fsp3) is 0.579. The number of benzene rings is 1. The van der Waals surface area contributed by atoms with Gasteiger partial charge in [0.15, 0.2) is 0 Å². The number of amides is 2. The van der Waals surface area contributed by atoms with Crippen molar-refractivity contribution in [3.63, 3.8) is 0 Å². The third-order valence-corrected chi connectivity index (χ3v) is 4.45. The number of carbonyl (C=O) groups is 2. The summed E-state index contributed by atoms with van der Waals surface area (Å²) >= 11 is 0. The van der Waals surface area contributed by atoms with Crippen LogP contribution in [0.5, 0.6) is 0 Å². The summed E-state index contributed by atoms with van der Waals surface area (Å²) in [4.78, 5) is 25.8. The largest absolute Gasteiger partial charge is 0.394 e. The first-order valence-electron chi connectivity index (χ1n) is 9.09. The van der Waals surface area contributed by atoms with Crippen LogP contribution >= 0.6 is 0 Å². The second kappa shape index (κ2) is 10.3. The Balaban J connectivity index is 1.79. The number of hydrogen-bond donors (Lipinski definition) is 3. The van der Waals surface area contributed by atoms with Crippen molar-refractivity contribution in [2.24, 2.45) is 0 Å². The average Bonchev–Trinajstić information content (AvgIpc) is 2.61. The van der Waals surface area contributed by atoms with E-state index in [0.717, 1.165) is 0 Å². The van der Waals surface area contributed by atoms with Gasteiger partial charge < -0.3 is 25.4 Å². The number of aliphatic hydroxyl groups is 1. The molecule has 0 unspecified atom stereocenters. The van der Waals surface area contributed by atoms with E-state index < -0.39 is 6.10 Å². The molecule has 1 saturated heterocycles. The van der Waals surface area contributed by atoms with E-state index in [1.54, 1.807) is 37.2 Å². The minimum atomic E-state index is -0.547. The highest BCUT2D eigenvalue weighted by Crippen LogP contribution is 2.22. The van der Waals surface area contributed by atoms with Crippen molar-refractivity contribution < 1.29 is 23.8 Å². The lowest BCUT2D eigenvalue weighted by Crippen LogP contribution is -2.52. The van der Waals surface area contributed by atoms with Gasteiger partial charge in [-0.3, -0.25) is 9.59 Å². The number of carbonyl (C=O) groups excluding carboxylic acids is 2. The van der Waals surface area contributed by atoms with E-state index in [1.165, 1.54) is 6.07 Å². The summed E-state index contributed by atoms with van der Waals surface area (Å²) < 4.78 is 19.4. The SMILES string of the molecule is CN(C)CC(=O)N[C@H]1CC[C@H](CC(=O)NCc2ccccc2F)O[C@@H]1CO. The predicted molar refractivity (Wildman–Crippen MR) is 98.3 cm³/mol. The van der Waals surface area contributed by atoms with Crippen LogP contribution < -0.4 is 10.6 Å². The molecule has 0 radical (unpaired) electrons. The summed E-state index contributed by atoms with van der Waals surface area (Å²) in [5.74, 6) is -0.730. The Bertz CT molecular complexity index is 641. The molecular formula is C19H28FN3O4. The summed E-state index contributed by atoms with van der Waals surface area (Å²) in [6.07, 6.45) is 0.453. The quantitative estimate of drug-likeness (QED) is 0.607. The maximum Gasteiger partial charge on any atom is 0.234 e. The van der Waals surface area contributed by atoms with Crippen LogP contribution in [0.15, 0.2) is 24.3 Å². The second-order valence-electron chi connectivity index (χ2n) is 7.04. The first-order chi connectivity index (χ1) is 12.9. The van der Waals surface area contributed by atoms with Crippen LogP contribution in [-0.2, 0) is 20.9 Å². The summed E-state index contributed by atoms with van der Waals surface area (Å²) in [5.41, 5.74) is 0.423. The van der Waals surface area contributed by atoms with E-state index in [9.17, 15) is 19.1 Å². The number of nitrogens with one attached hydrogen (secondary N) is 2. The van der Waals surface area contributed by atoms with Crippen LogP contribution in [0.4, 0.5) is 4.39 Å². The molecule has 2 amide bonds. The third kappa shape index (κ3) is 6.89. The topological polar surface area (TPSA) is 90.9 Å². The molecule has 0 spiro atoms. The number of aliphatic hydroxyl groups excluding tert-OH is 1. The van der Waals surface area contributed by atoms with E-state index in [0.29, 0.717) is 18.4 Å². The molecule has 3 atom stereocenters. The number of halogens is 1. The van der Waals surface area contributed by atoms with E-state index in [-0.39, 0.29) is 55.9 Å². The van der Waals surface area contributed by atoms with Gasteiger partial charge in [-0.05, 0) is 33.0 Å². The van der Waals surface area contributed by atoms with Gasteiger partial charge in [-0.15, -0.1) is 0 Å². The molecule has 1 aromatic rings. The van der Waals surface area contributed by atoms with Crippen LogP contribution in [0.2, 0.25) is 0 Å². The number of ether oxygens (including phenoxy) is 1. The molecule has 7 nitrogen and oxygen atoms in total. The summed E-state index contributed by atoms with van der Waals surface area (Å²) in [5, 5.41) is 15.1. The predicted octanol–water partition coefficient (Wildman–Crippen LogP) is 0.418. The Morgan fingerprint density at radius 1 is 1.26 bits per heavy atom. The third-order valence-electron chi connectivity index (χ3n) is 4.45. The van der Waals surface area contributed by atoms with Crippen molar-refractivity contribution in [3.8, 4) is 0 Å². The van der Waals surface area contributed by atoms with E-state index in [2.05, 4.69) is 10.6 Å². The Morgan fingerprint density at radius 2 is 2.00 bits per heavy atom. The number of nitrogens with zero attached hydrogens (tertiary/aromatic N) is 1. The fourth-order valence-corrected chi connectivity index (χ4v) is 3.10. The zero-order chi connectivity index (χ0) is 19.8. The molecule has 1 aliphatic heterocycles.